The van der Waals surface area contributed by atoms with Crippen LogP contribution in [0.1, 0.15) is 33.4 Å². The van der Waals surface area contributed by atoms with Gasteiger partial charge < -0.3 is 20.2 Å². The van der Waals surface area contributed by atoms with Crippen molar-refractivity contribution in [3.63, 3.8) is 0 Å². The molecule has 0 aliphatic rings. The molecule has 1 aromatic heterocycles. The average molecular weight is 288 g/mol. The maximum atomic E-state index is 11.7. The van der Waals surface area contributed by atoms with Crippen molar-refractivity contribution in [2.24, 2.45) is 5.73 Å². The zero-order valence-electron chi connectivity index (χ0n) is 11.6. The van der Waals surface area contributed by atoms with E-state index in [0.717, 1.165) is 0 Å². The zero-order chi connectivity index (χ0) is 15.2. The van der Waals surface area contributed by atoms with Crippen molar-refractivity contribution in [2.45, 2.75) is 13.5 Å². The molecule has 2 rings (SSSR count). The Morgan fingerprint density at radius 1 is 1.24 bits per heavy atom. The first-order valence-corrected chi connectivity index (χ1v) is 6.49. The number of furan rings is 1. The molecule has 110 valence electrons. The summed E-state index contributed by atoms with van der Waals surface area (Å²) in [5.41, 5.74) is 6.62. The fraction of sp³-hybridized carbons (Fsp3) is 0.200. The maximum Gasteiger partial charge on any atom is 0.341 e. The monoisotopic (exact) mass is 288 g/mol. The number of hydrogen-bond donors (Lipinski definition) is 2. The van der Waals surface area contributed by atoms with Gasteiger partial charge in [0.2, 0.25) is 0 Å². The highest BCUT2D eigenvalue weighted by molar-refractivity contribution is 5.98. The number of nitrogens with one attached hydrogen (secondary N) is 1. The lowest BCUT2D eigenvalue weighted by molar-refractivity contribution is 0.0523. The second kappa shape index (κ2) is 6.60. The number of para-hydroxylation sites is 1. The predicted molar refractivity (Wildman–Crippen MR) is 77.0 cm³/mol. The zero-order valence-corrected chi connectivity index (χ0v) is 11.6. The standard InChI is InChI=1S/C15H16N2O4/c1-2-20-15(19)11-7-8-21-13(11)9-17-12-6-4-3-5-10(12)14(16)18/h3-8,17H,2,9H2,1H3,(H2,16,18). The molecule has 0 saturated carbocycles. The third-order valence-corrected chi connectivity index (χ3v) is 2.87. The third kappa shape index (κ3) is 3.42. The van der Waals surface area contributed by atoms with Gasteiger partial charge in [-0.3, -0.25) is 4.79 Å². The third-order valence-electron chi connectivity index (χ3n) is 2.87. The Kier molecular flexibility index (Phi) is 4.61. The lowest BCUT2D eigenvalue weighted by Gasteiger charge is -2.09. The van der Waals surface area contributed by atoms with Crippen LogP contribution in [0.3, 0.4) is 0 Å². The Balaban J connectivity index is 2.13. The van der Waals surface area contributed by atoms with Gasteiger partial charge in [-0.2, -0.15) is 0 Å². The summed E-state index contributed by atoms with van der Waals surface area (Å²) in [5.74, 6) is -0.526. The lowest BCUT2D eigenvalue weighted by atomic mass is 10.1. The van der Waals surface area contributed by atoms with Crippen molar-refractivity contribution in [2.75, 3.05) is 11.9 Å². The highest BCUT2D eigenvalue weighted by Gasteiger charge is 2.16. The van der Waals surface area contributed by atoms with Gasteiger partial charge >= 0.3 is 5.97 Å². The van der Waals surface area contributed by atoms with Crippen LogP contribution >= 0.6 is 0 Å². The molecule has 0 fully saturated rings. The van der Waals surface area contributed by atoms with E-state index < -0.39 is 11.9 Å². The number of primary amides is 1. The van der Waals surface area contributed by atoms with E-state index in [4.69, 9.17) is 14.9 Å². The number of carbonyl (C=O) groups excluding carboxylic acids is 2. The molecule has 21 heavy (non-hydrogen) atoms. The quantitative estimate of drug-likeness (QED) is 0.794. The molecule has 0 spiro atoms. The second-order valence-electron chi connectivity index (χ2n) is 4.24. The fourth-order valence-electron chi connectivity index (χ4n) is 1.90. The fourth-order valence-corrected chi connectivity index (χ4v) is 1.90. The van der Waals surface area contributed by atoms with Crippen molar-refractivity contribution < 1.29 is 18.7 Å². The van der Waals surface area contributed by atoms with Crippen LogP contribution in [0.5, 0.6) is 0 Å². The van der Waals surface area contributed by atoms with Gasteiger partial charge in [0.05, 0.1) is 25.0 Å². The molecule has 0 aliphatic heterocycles. The number of esters is 1. The van der Waals surface area contributed by atoms with E-state index in [2.05, 4.69) is 5.32 Å². The van der Waals surface area contributed by atoms with Gasteiger partial charge in [0.15, 0.2) is 0 Å². The van der Waals surface area contributed by atoms with Crippen LogP contribution in [0.15, 0.2) is 41.0 Å². The minimum absolute atomic E-state index is 0.242. The SMILES string of the molecule is CCOC(=O)c1ccoc1CNc1ccccc1C(N)=O. The second-order valence-corrected chi connectivity index (χ2v) is 4.24. The van der Waals surface area contributed by atoms with E-state index in [0.29, 0.717) is 29.2 Å². The maximum absolute atomic E-state index is 11.7. The number of ether oxygens (including phenoxy) is 1. The van der Waals surface area contributed by atoms with E-state index in [-0.39, 0.29) is 6.54 Å². The predicted octanol–water partition coefficient (Wildman–Crippen LogP) is 2.17. The van der Waals surface area contributed by atoms with Gasteiger partial charge in [-0.1, -0.05) is 12.1 Å². The summed E-state index contributed by atoms with van der Waals surface area (Å²) in [6, 6.07) is 8.41. The largest absolute Gasteiger partial charge is 0.467 e. The van der Waals surface area contributed by atoms with Crippen LogP contribution < -0.4 is 11.1 Å². The van der Waals surface area contributed by atoms with E-state index in [1.54, 1.807) is 37.3 Å². The molecule has 0 unspecified atom stereocenters. The van der Waals surface area contributed by atoms with Crippen molar-refractivity contribution in [1.29, 1.82) is 0 Å². The van der Waals surface area contributed by atoms with E-state index in [1.165, 1.54) is 6.26 Å². The Morgan fingerprint density at radius 3 is 2.71 bits per heavy atom. The Morgan fingerprint density at radius 2 is 2.00 bits per heavy atom. The Bertz CT molecular complexity index is 649. The number of amides is 1. The molecule has 0 radical (unpaired) electrons. The van der Waals surface area contributed by atoms with Gasteiger partial charge in [-0.25, -0.2) is 4.79 Å². The number of anilines is 1. The number of carbonyl (C=O) groups is 2. The van der Waals surface area contributed by atoms with Crippen LogP contribution in [0.25, 0.3) is 0 Å². The molecular formula is C15H16N2O4. The minimum atomic E-state index is -0.525. The van der Waals surface area contributed by atoms with Gasteiger partial charge in [0.1, 0.15) is 11.3 Å². The summed E-state index contributed by atoms with van der Waals surface area (Å²) in [5, 5.41) is 3.03. The molecule has 1 aromatic carbocycles. The Hall–Kier alpha value is -2.76. The molecule has 1 amide bonds. The normalized spacial score (nSPS) is 10.1. The molecule has 0 saturated heterocycles. The van der Waals surface area contributed by atoms with Crippen LogP contribution in [-0.4, -0.2) is 18.5 Å². The molecule has 6 nitrogen and oxygen atoms in total. The van der Waals surface area contributed by atoms with Crippen LogP contribution in [0.2, 0.25) is 0 Å². The van der Waals surface area contributed by atoms with Gasteiger partial charge in [-0.05, 0) is 25.1 Å². The molecule has 0 atom stereocenters. The molecule has 3 N–H and O–H groups in total. The lowest BCUT2D eigenvalue weighted by Crippen LogP contribution is -2.15. The summed E-state index contributed by atoms with van der Waals surface area (Å²) < 4.78 is 10.2. The van der Waals surface area contributed by atoms with Crippen molar-refractivity contribution in [3.8, 4) is 0 Å². The topological polar surface area (TPSA) is 94.6 Å². The molecule has 2 aromatic rings. The summed E-state index contributed by atoms with van der Waals surface area (Å²) in [7, 11) is 0. The number of nitrogens with two attached hydrogens (primary N) is 1. The first-order chi connectivity index (χ1) is 10.1. The van der Waals surface area contributed by atoms with Crippen LogP contribution in [0, 0.1) is 0 Å². The van der Waals surface area contributed by atoms with Crippen molar-refractivity contribution >= 4 is 17.6 Å². The summed E-state index contributed by atoms with van der Waals surface area (Å²) in [6.07, 6.45) is 1.42. The average Bonchev–Trinajstić information content (AvgIpc) is 2.94. The summed E-state index contributed by atoms with van der Waals surface area (Å²) >= 11 is 0. The smallest absolute Gasteiger partial charge is 0.341 e. The van der Waals surface area contributed by atoms with Gasteiger partial charge in [-0.15, -0.1) is 0 Å². The Labute approximate surface area is 121 Å². The first-order valence-electron chi connectivity index (χ1n) is 6.49. The van der Waals surface area contributed by atoms with Crippen molar-refractivity contribution in [3.05, 3.63) is 53.5 Å². The molecule has 1 heterocycles. The molecule has 0 aliphatic carbocycles. The molecule has 0 bridgehead atoms. The number of rotatable bonds is 6. The summed E-state index contributed by atoms with van der Waals surface area (Å²) in [6.45, 7) is 2.27. The van der Waals surface area contributed by atoms with Crippen LogP contribution in [-0.2, 0) is 11.3 Å². The van der Waals surface area contributed by atoms with Crippen molar-refractivity contribution in [1.82, 2.24) is 0 Å². The van der Waals surface area contributed by atoms with E-state index in [9.17, 15) is 9.59 Å². The minimum Gasteiger partial charge on any atom is -0.467 e. The van der Waals surface area contributed by atoms with Gasteiger partial charge in [0, 0.05) is 5.69 Å². The first kappa shape index (κ1) is 14.6. The highest BCUT2D eigenvalue weighted by atomic mass is 16.5. The van der Waals surface area contributed by atoms with Crippen LogP contribution in [0.4, 0.5) is 5.69 Å². The van der Waals surface area contributed by atoms with E-state index >= 15 is 0 Å². The molecule has 6 heteroatoms. The van der Waals surface area contributed by atoms with Gasteiger partial charge in [0.25, 0.3) is 5.91 Å². The summed E-state index contributed by atoms with van der Waals surface area (Å²) in [4.78, 5) is 23.1. The number of hydrogen-bond acceptors (Lipinski definition) is 5. The molecular weight excluding hydrogens is 272 g/mol. The highest BCUT2D eigenvalue weighted by Crippen LogP contribution is 2.18. The van der Waals surface area contributed by atoms with E-state index in [1.807, 2.05) is 0 Å². The number of benzene rings is 1.